The zero-order chi connectivity index (χ0) is 69.6. The summed E-state index contributed by atoms with van der Waals surface area (Å²) in [7, 11) is -9.91. The summed E-state index contributed by atoms with van der Waals surface area (Å²) in [5.41, 5.74) is 0. The van der Waals surface area contributed by atoms with Crippen molar-refractivity contribution in [1.29, 1.82) is 0 Å². The Kier molecular flexibility index (Phi) is 63.1. The number of hydrogen-bond donors (Lipinski definition) is 3. The fraction of sp³-hybridized carbons (Fsp3) is 0.947. The van der Waals surface area contributed by atoms with Crippen molar-refractivity contribution in [2.45, 2.75) is 395 Å². The van der Waals surface area contributed by atoms with Gasteiger partial charge in [-0.05, 0) is 49.4 Å². The number of aliphatic hydroxyl groups is 1. The number of hydrogen-bond acceptors (Lipinski definition) is 15. The topological polar surface area (TPSA) is 237 Å². The zero-order valence-electron chi connectivity index (χ0n) is 61.6. The monoisotopic (exact) mass is 1380 g/mol. The van der Waals surface area contributed by atoms with Crippen molar-refractivity contribution in [1.82, 2.24) is 0 Å². The maximum atomic E-state index is 13.1. The van der Waals surface area contributed by atoms with Crippen molar-refractivity contribution in [3.63, 3.8) is 0 Å². The van der Waals surface area contributed by atoms with E-state index >= 15 is 0 Å². The molecule has 0 aliphatic heterocycles. The van der Waals surface area contributed by atoms with Gasteiger partial charge in [0.2, 0.25) is 0 Å². The van der Waals surface area contributed by atoms with Crippen molar-refractivity contribution in [2.75, 3.05) is 39.6 Å². The van der Waals surface area contributed by atoms with Gasteiger partial charge in [-0.2, -0.15) is 0 Å². The number of carbonyl (C=O) groups is 4. The van der Waals surface area contributed by atoms with Crippen LogP contribution in [0, 0.1) is 23.7 Å². The molecule has 0 aromatic heterocycles. The molecule has 0 aliphatic carbocycles. The molecule has 0 bridgehead atoms. The van der Waals surface area contributed by atoms with Gasteiger partial charge in [0.05, 0.1) is 26.4 Å². The molecule has 0 spiro atoms. The van der Waals surface area contributed by atoms with Crippen LogP contribution in [0.4, 0.5) is 0 Å². The minimum Gasteiger partial charge on any atom is -0.462 e. The van der Waals surface area contributed by atoms with Gasteiger partial charge >= 0.3 is 39.5 Å². The number of aliphatic hydroxyl groups excluding tert-OH is 1. The highest BCUT2D eigenvalue weighted by Gasteiger charge is 2.30. The van der Waals surface area contributed by atoms with E-state index in [4.69, 9.17) is 37.0 Å². The Balaban J connectivity index is 5.27. The Hall–Kier alpha value is -1.94. The summed E-state index contributed by atoms with van der Waals surface area (Å²) in [5.74, 6) is 0.933. The number of phosphoric ester groups is 2. The van der Waals surface area contributed by atoms with E-state index in [9.17, 15) is 43.2 Å². The third-order valence-electron chi connectivity index (χ3n) is 17.7. The first-order valence-corrected chi connectivity index (χ1v) is 41.7. The molecule has 0 radical (unpaired) electrons. The minimum atomic E-state index is -4.96. The summed E-state index contributed by atoms with van der Waals surface area (Å²) in [6.45, 7) is 14.2. The van der Waals surface area contributed by atoms with Gasteiger partial charge in [0.25, 0.3) is 0 Å². The Morgan fingerprint density at radius 2 is 0.511 bits per heavy atom. The van der Waals surface area contributed by atoms with Gasteiger partial charge < -0.3 is 33.8 Å². The normalized spacial score (nSPS) is 14.4. The molecule has 17 nitrogen and oxygen atoms in total. The number of ether oxygens (including phenoxy) is 4. The molecule has 0 fully saturated rings. The predicted molar refractivity (Wildman–Crippen MR) is 381 cm³/mol. The second kappa shape index (κ2) is 64.4. The van der Waals surface area contributed by atoms with E-state index in [-0.39, 0.29) is 25.7 Å². The van der Waals surface area contributed by atoms with E-state index in [1.165, 1.54) is 173 Å². The average Bonchev–Trinajstić information content (AvgIpc) is 1.77. The molecule has 0 aliphatic rings. The molecule has 19 heteroatoms. The maximum Gasteiger partial charge on any atom is 0.472 e. The van der Waals surface area contributed by atoms with E-state index in [1.54, 1.807) is 0 Å². The SMILES string of the molecule is CCC(C)CCCCCCCCC(=O)OC[C@H](COP(=O)(O)OC[C@H](O)COP(=O)(O)OC[C@@H](COC(=O)CCCCCCCCCCCCCC(C)C)OC(=O)CCCCCCCCCCCCCCC(C)C)OC(=O)CCCCCCCCCCCCCCC(C)C. The predicted octanol–water partition coefficient (Wildman–Crippen LogP) is 21.7. The molecule has 0 aromatic carbocycles. The van der Waals surface area contributed by atoms with Crippen LogP contribution in [-0.4, -0.2) is 96.7 Å². The minimum absolute atomic E-state index is 0.105. The number of esters is 4. The highest BCUT2D eigenvalue weighted by Crippen LogP contribution is 2.45. The molecule has 0 aromatic rings. The van der Waals surface area contributed by atoms with Crippen molar-refractivity contribution in [3.8, 4) is 0 Å². The molecule has 0 rings (SSSR count). The van der Waals surface area contributed by atoms with Crippen LogP contribution in [0.15, 0.2) is 0 Å². The van der Waals surface area contributed by atoms with Crippen LogP contribution >= 0.6 is 15.6 Å². The quantitative estimate of drug-likeness (QED) is 0.0222. The average molecular weight is 1380 g/mol. The van der Waals surface area contributed by atoms with Gasteiger partial charge in [-0.25, -0.2) is 9.13 Å². The summed E-state index contributed by atoms with van der Waals surface area (Å²) < 4.78 is 68.5. The third-order valence-corrected chi connectivity index (χ3v) is 19.6. The van der Waals surface area contributed by atoms with E-state index in [1.807, 2.05) is 0 Å². The van der Waals surface area contributed by atoms with Gasteiger partial charge in [0.1, 0.15) is 19.3 Å². The Bertz CT molecular complexity index is 1850. The zero-order valence-corrected chi connectivity index (χ0v) is 63.4. The lowest BCUT2D eigenvalue weighted by molar-refractivity contribution is -0.161. The van der Waals surface area contributed by atoms with Gasteiger partial charge in [-0.1, -0.05) is 325 Å². The van der Waals surface area contributed by atoms with E-state index < -0.39 is 97.5 Å². The fourth-order valence-corrected chi connectivity index (χ4v) is 12.9. The maximum absolute atomic E-state index is 13.1. The Morgan fingerprint density at radius 3 is 0.755 bits per heavy atom. The molecular weight excluding hydrogens is 1230 g/mol. The van der Waals surface area contributed by atoms with Crippen molar-refractivity contribution < 1.29 is 80.2 Å². The summed E-state index contributed by atoms with van der Waals surface area (Å²) >= 11 is 0. The van der Waals surface area contributed by atoms with E-state index in [0.717, 1.165) is 120 Å². The molecule has 94 heavy (non-hydrogen) atoms. The molecule has 0 amide bonds. The van der Waals surface area contributed by atoms with E-state index in [2.05, 4.69) is 55.4 Å². The van der Waals surface area contributed by atoms with Crippen LogP contribution in [-0.2, 0) is 65.4 Å². The van der Waals surface area contributed by atoms with E-state index in [0.29, 0.717) is 25.7 Å². The highest BCUT2D eigenvalue weighted by atomic mass is 31.2. The molecule has 0 saturated carbocycles. The summed E-state index contributed by atoms with van der Waals surface area (Å²) in [5, 5.41) is 10.6. The number of unbranched alkanes of at least 4 members (excludes halogenated alkanes) is 37. The van der Waals surface area contributed by atoms with Crippen LogP contribution in [0.2, 0.25) is 0 Å². The lowest BCUT2D eigenvalue weighted by Crippen LogP contribution is -2.30. The van der Waals surface area contributed by atoms with Crippen LogP contribution in [0.3, 0.4) is 0 Å². The summed E-state index contributed by atoms with van der Waals surface area (Å²) in [4.78, 5) is 72.8. The van der Waals surface area contributed by atoms with Crippen LogP contribution in [0.25, 0.3) is 0 Å². The van der Waals surface area contributed by atoms with Gasteiger partial charge in [-0.3, -0.25) is 37.3 Å². The lowest BCUT2D eigenvalue weighted by Gasteiger charge is -2.21. The lowest BCUT2D eigenvalue weighted by atomic mass is 10.00. The first-order valence-electron chi connectivity index (χ1n) is 38.7. The Labute approximate surface area is 575 Å². The first-order chi connectivity index (χ1) is 45.1. The van der Waals surface area contributed by atoms with Gasteiger partial charge in [-0.15, -0.1) is 0 Å². The number of phosphoric acid groups is 2. The second-order valence-corrected chi connectivity index (χ2v) is 31.6. The first kappa shape index (κ1) is 92.1. The largest absolute Gasteiger partial charge is 0.472 e. The smallest absolute Gasteiger partial charge is 0.462 e. The van der Waals surface area contributed by atoms with Crippen molar-refractivity contribution in [2.24, 2.45) is 23.7 Å². The number of carbonyl (C=O) groups excluding carboxylic acids is 4. The highest BCUT2D eigenvalue weighted by molar-refractivity contribution is 7.47. The van der Waals surface area contributed by atoms with Crippen LogP contribution in [0.1, 0.15) is 376 Å². The van der Waals surface area contributed by atoms with Crippen LogP contribution < -0.4 is 0 Å². The molecule has 3 N–H and O–H groups in total. The second-order valence-electron chi connectivity index (χ2n) is 28.7. The standard InChI is InChI=1S/C75H146O17P2/c1-9-68(8)54-46-38-33-34-40-48-56-73(78)86-62-71(92-75(80)58-50-42-32-26-19-13-11-16-22-28-36-44-52-66(4)5)64-90-94(83,84)88-60-69(76)59-87-93(81,82)89-63-70(61-85-72(77)55-47-39-30-24-20-14-17-23-29-37-45-53-67(6)7)91-74(79)57-49-41-31-25-18-12-10-15-21-27-35-43-51-65(2)3/h65-71,76H,9-64H2,1-8H3,(H,81,82)(H,83,84)/t68?,69-,70-,71-/m1/s1. The molecule has 0 saturated heterocycles. The van der Waals surface area contributed by atoms with Crippen molar-refractivity contribution >= 4 is 39.5 Å². The molecule has 558 valence electrons. The van der Waals surface area contributed by atoms with Crippen LogP contribution in [0.5, 0.6) is 0 Å². The van der Waals surface area contributed by atoms with Gasteiger partial charge in [0.15, 0.2) is 12.2 Å². The van der Waals surface area contributed by atoms with Gasteiger partial charge in [0, 0.05) is 25.7 Å². The fourth-order valence-electron chi connectivity index (χ4n) is 11.3. The Morgan fingerprint density at radius 1 is 0.298 bits per heavy atom. The van der Waals surface area contributed by atoms with Crippen molar-refractivity contribution in [3.05, 3.63) is 0 Å². The molecule has 0 heterocycles. The third kappa shape index (κ3) is 67.3. The number of rotatable bonds is 72. The summed E-state index contributed by atoms with van der Waals surface area (Å²) in [6, 6.07) is 0. The molecular formula is C75H146O17P2. The summed E-state index contributed by atoms with van der Waals surface area (Å²) in [6.07, 6.45) is 48.5. The molecule has 6 atom stereocenters. The molecule has 3 unspecified atom stereocenters.